The van der Waals surface area contributed by atoms with Gasteiger partial charge in [-0.3, -0.25) is 24.0 Å². The third-order valence-electron chi connectivity index (χ3n) is 10.9. The van der Waals surface area contributed by atoms with Crippen LogP contribution in [0, 0.1) is 29.1 Å². The van der Waals surface area contributed by atoms with E-state index in [9.17, 15) is 44.6 Å². The number of likely N-dealkylation sites (N-methyl/N-ethyl adjacent to an activating group) is 1. The Kier molecular flexibility index (Phi) is 15.1. The highest BCUT2D eigenvalue weighted by atomic mass is 35.5. The number of nitrogens with two attached hydrogens (primary N) is 1. The van der Waals surface area contributed by atoms with Crippen molar-refractivity contribution in [3.8, 4) is 39.8 Å². The number of aromatic hydroxyl groups is 2. The molecular weight excluding hydrogens is 772 g/mol. The Bertz CT molecular complexity index is 2220. The Morgan fingerprint density at radius 3 is 2.15 bits per heavy atom. The number of hydrogen-bond donors (Lipinski definition) is 5. The molecule has 13 heteroatoms. The van der Waals surface area contributed by atoms with Gasteiger partial charge in [-0.25, -0.2) is 0 Å². The van der Waals surface area contributed by atoms with Gasteiger partial charge in [-0.1, -0.05) is 73.5 Å². The van der Waals surface area contributed by atoms with Gasteiger partial charge in [0.05, 0.1) is 24.6 Å². The number of unbranched alkanes of at least 4 members (excludes halogenated alkanes) is 1. The molecule has 4 aromatic rings. The fraction of sp³-hybridized carbons (Fsp3) is 0.348. The van der Waals surface area contributed by atoms with Crippen molar-refractivity contribution >= 4 is 40.8 Å². The second kappa shape index (κ2) is 20.2. The van der Waals surface area contributed by atoms with Gasteiger partial charge >= 0.3 is 0 Å². The van der Waals surface area contributed by atoms with E-state index in [1.54, 1.807) is 36.4 Å². The van der Waals surface area contributed by atoms with Crippen molar-refractivity contribution in [2.75, 3.05) is 20.2 Å². The SMILES string of the molecule is C[C@@H]1CC(=O)[C@@H](N(C)C(=O)[C@H](CCCCN)CC(=O)c2ccc(-c3ccc(Cl)cc3)cc2)c2ccc(O)c(c2)-c2cc(ccc2O)C[C@@H](C(=O)C[C@H](C#N)CO)NC1=O. The van der Waals surface area contributed by atoms with Crippen molar-refractivity contribution in [1.29, 1.82) is 5.26 Å². The Morgan fingerprint density at radius 1 is 0.898 bits per heavy atom. The second-order valence-electron chi connectivity index (χ2n) is 15.2. The van der Waals surface area contributed by atoms with Crippen molar-refractivity contribution in [1.82, 2.24) is 10.2 Å². The molecule has 5 atom stereocenters. The number of aliphatic hydroxyl groups is 1. The number of aliphatic hydroxyl groups excluding tert-OH is 1. The Hall–Kier alpha value is -5.87. The molecule has 0 radical (unpaired) electrons. The number of benzene rings is 4. The second-order valence-corrected chi connectivity index (χ2v) is 15.6. The number of hydrogen-bond acceptors (Lipinski definition) is 10. The topological polar surface area (TPSA) is 211 Å². The van der Waals surface area contributed by atoms with E-state index in [2.05, 4.69) is 5.32 Å². The van der Waals surface area contributed by atoms with Crippen molar-refractivity contribution in [3.63, 3.8) is 0 Å². The Balaban J connectivity index is 1.50. The van der Waals surface area contributed by atoms with Crippen LogP contribution in [0.2, 0.25) is 5.02 Å². The van der Waals surface area contributed by atoms with Gasteiger partial charge < -0.3 is 31.3 Å². The highest BCUT2D eigenvalue weighted by Gasteiger charge is 2.36. The molecule has 12 nitrogen and oxygen atoms in total. The molecule has 5 rings (SSSR count). The number of ketones is 3. The normalized spacial score (nSPS) is 17.8. The lowest BCUT2D eigenvalue weighted by Crippen LogP contribution is -2.46. The van der Waals surface area contributed by atoms with E-state index in [0.717, 1.165) is 11.1 Å². The summed E-state index contributed by atoms with van der Waals surface area (Å²) in [6, 6.07) is 22.7. The zero-order chi connectivity index (χ0) is 42.8. The molecule has 0 unspecified atom stereocenters. The fourth-order valence-corrected chi connectivity index (χ4v) is 7.55. The first-order chi connectivity index (χ1) is 28.2. The van der Waals surface area contributed by atoms with E-state index in [4.69, 9.17) is 17.3 Å². The first-order valence-corrected chi connectivity index (χ1v) is 20.0. The van der Waals surface area contributed by atoms with E-state index in [1.165, 1.54) is 43.1 Å². The molecule has 4 aromatic carbocycles. The van der Waals surface area contributed by atoms with Gasteiger partial charge in [0.25, 0.3) is 0 Å². The summed E-state index contributed by atoms with van der Waals surface area (Å²) < 4.78 is 0. The average molecular weight is 821 g/mol. The van der Waals surface area contributed by atoms with Crippen LogP contribution in [-0.4, -0.2) is 75.6 Å². The van der Waals surface area contributed by atoms with Gasteiger partial charge in [-0.05, 0) is 84.5 Å². The quantitative estimate of drug-likeness (QED) is 0.0705. The number of fused-ring (bicyclic) bond motifs is 5. The zero-order valence-electron chi connectivity index (χ0n) is 33.1. The van der Waals surface area contributed by atoms with Crippen LogP contribution in [0.15, 0.2) is 84.9 Å². The van der Waals surface area contributed by atoms with Crippen LogP contribution in [0.4, 0.5) is 0 Å². The van der Waals surface area contributed by atoms with Crippen molar-refractivity contribution < 1.29 is 39.3 Å². The van der Waals surface area contributed by atoms with Crippen LogP contribution in [-0.2, 0) is 25.6 Å². The summed E-state index contributed by atoms with van der Waals surface area (Å²) in [6.45, 7) is 1.36. The van der Waals surface area contributed by atoms with Crippen molar-refractivity contribution in [2.45, 2.75) is 64.0 Å². The zero-order valence-corrected chi connectivity index (χ0v) is 33.8. The lowest BCUT2D eigenvalue weighted by molar-refractivity contribution is -0.142. The van der Waals surface area contributed by atoms with E-state index in [-0.39, 0.29) is 54.1 Å². The van der Waals surface area contributed by atoms with Crippen LogP contribution in [0.25, 0.3) is 22.3 Å². The predicted molar refractivity (Wildman–Crippen MR) is 223 cm³/mol. The fourth-order valence-electron chi connectivity index (χ4n) is 7.42. The minimum absolute atomic E-state index is 0.0425. The summed E-state index contributed by atoms with van der Waals surface area (Å²) in [5.74, 6) is -5.64. The lowest BCUT2D eigenvalue weighted by atomic mass is 9.87. The molecule has 1 aliphatic rings. The van der Waals surface area contributed by atoms with Crippen molar-refractivity contribution in [3.05, 3.63) is 107 Å². The summed E-state index contributed by atoms with van der Waals surface area (Å²) in [7, 11) is 1.46. The summed E-state index contributed by atoms with van der Waals surface area (Å²) in [5.41, 5.74) is 9.14. The Morgan fingerprint density at radius 2 is 1.53 bits per heavy atom. The standard InChI is InChI=1S/C46H49ClN4O8/c1-27-19-43(57)44(51(2)46(59)34(5-3-4-18-48)24-41(55)32-9-7-30(8-10-32)31-11-14-35(47)15-12-31)33-13-17-40(54)37(23-33)36-20-28(6-16-39(36)53)21-38(50-45(27)58)42(56)22-29(25-49)26-52/h6-17,20,23,27,29,34,38,44,52-54H,3-5,18-19,21-22,24,26,48H2,1-2H3,(H,50,58)/t27-,29-,34-,38+,44+/m1/s1. The maximum atomic E-state index is 14.6. The van der Waals surface area contributed by atoms with Crippen LogP contribution in [0.5, 0.6) is 11.5 Å². The molecule has 0 fully saturated rings. The number of nitrogens with one attached hydrogen (secondary N) is 1. The van der Waals surface area contributed by atoms with Crippen LogP contribution in [0.1, 0.15) is 73.0 Å². The third-order valence-corrected chi connectivity index (χ3v) is 11.1. The molecule has 0 spiro atoms. The van der Waals surface area contributed by atoms with E-state index in [1.807, 2.05) is 30.3 Å². The smallest absolute Gasteiger partial charge is 0.226 e. The number of carbonyl (C=O) groups excluding carboxylic acids is 5. The number of carbonyl (C=O) groups is 5. The summed E-state index contributed by atoms with van der Waals surface area (Å²) >= 11 is 6.05. The first kappa shape index (κ1) is 44.2. The largest absolute Gasteiger partial charge is 0.507 e. The predicted octanol–water partition coefficient (Wildman–Crippen LogP) is 6.33. The van der Waals surface area contributed by atoms with Gasteiger partial charge in [0, 0.05) is 59.9 Å². The molecular formula is C46H49ClN4O8. The number of phenolic OH excluding ortho intramolecular Hbond substituents is 2. The number of nitrogens with zero attached hydrogens (tertiary/aromatic N) is 2. The molecule has 1 heterocycles. The molecule has 2 amide bonds. The van der Waals surface area contributed by atoms with Crippen LogP contribution >= 0.6 is 11.6 Å². The highest BCUT2D eigenvalue weighted by molar-refractivity contribution is 6.30. The van der Waals surface area contributed by atoms with E-state index < -0.39 is 59.8 Å². The summed E-state index contributed by atoms with van der Waals surface area (Å²) in [5, 5.41) is 44.4. The Labute approximate surface area is 348 Å². The minimum Gasteiger partial charge on any atom is -0.507 e. The number of nitriles is 1. The number of Topliss-reactive ketones (excluding diaryl/α,β-unsaturated/α-hetero) is 3. The average Bonchev–Trinajstić information content (AvgIpc) is 3.23. The molecule has 6 N–H and O–H groups in total. The molecule has 59 heavy (non-hydrogen) atoms. The molecule has 0 aromatic heterocycles. The molecule has 1 aliphatic heterocycles. The number of amides is 2. The lowest BCUT2D eigenvalue weighted by Gasteiger charge is -2.32. The molecule has 308 valence electrons. The number of phenols is 2. The molecule has 0 saturated heterocycles. The van der Waals surface area contributed by atoms with Gasteiger partial charge in [0.2, 0.25) is 11.8 Å². The van der Waals surface area contributed by atoms with E-state index in [0.29, 0.717) is 47.5 Å². The van der Waals surface area contributed by atoms with Crippen LogP contribution in [0.3, 0.4) is 0 Å². The van der Waals surface area contributed by atoms with Gasteiger partial charge in [0.15, 0.2) is 17.3 Å². The molecule has 0 saturated carbocycles. The number of halogens is 1. The number of rotatable bonds is 14. The van der Waals surface area contributed by atoms with Crippen molar-refractivity contribution in [2.24, 2.45) is 23.5 Å². The van der Waals surface area contributed by atoms with Gasteiger partial charge in [0.1, 0.15) is 17.5 Å². The van der Waals surface area contributed by atoms with Crippen LogP contribution < -0.4 is 11.1 Å². The maximum absolute atomic E-state index is 14.6. The third kappa shape index (κ3) is 11.0. The maximum Gasteiger partial charge on any atom is 0.226 e. The van der Waals surface area contributed by atoms with Gasteiger partial charge in [-0.2, -0.15) is 5.26 Å². The monoisotopic (exact) mass is 820 g/mol. The van der Waals surface area contributed by atoms with E-state index >= 15 is 0 Å². The molecule has 4 bridgehead atoms. The molecule has 0 aliphatic carbocycles. The first-order valence-electron chi connectivity index (χ1n) is 19.6. The highest BCUT2D eigenvalue weighted by Crippen LogP contribution is 2.40. The minimum atomic E-state index is -1.28. The van der Waals surface area contributed by atoms with Gasteiger partial charge in [-0.15, -0.1) is 0 Å². The summed E-state index contributed by atoms with van der Waals surface area (Å²) in [4.78, 5) is 71.2. The summed E-state index contributed by atoms with van der Waals surface area (Å²) in [6.07, 6.45) is 0.595.